The van der Waals surface area contributed by atoms with Gasteiger partial charge in [-0.15, -0.1) is 0 Å². The third-order valence-corrected chi connectivity index (χ3v) is 9.11. The van der Waals surface area contributed by atoms with Crippen molar-refractivity contribution in [3.05, 3.63) is 32.9 Å². The van der Waals surface area contributed by atoms with Crippen LogP contribution >= 0.6 is 22.6 Å². The molecule has 2 amide bonds. The molecule has 0 bridgehead atoms. The number of nitrogens with one attached hydrogen (secondary N) is 1. The molecule has 2 aliphatic rings. The van der Waals surface area contributed by atoms with Crippen molar-refractivity contribution in [1.82, 2.24) is 10.2 Å². The number of methoxy groups -OCH3 is 1. The number of rotatable bonds is 13. The van der Waals surface area contributed by atoms with Crippen molar-refractivity contribution >= 4 is 40.7 Å². The van der Waals surface area contributed by atoms with Gasteiger partial charge in [0.25, 0.3) is 0 Å². The highest BCUT2D eigenvalue weighted by molar-refractivity contribution is 14.1. The van der Waals surface area contributed by atoms with E-state index in [0.29, 0.717) is 27.1 Å². The molecule has 3 rings (SSSR count). The second-order valence-corrected chi connectivity index (χ2v) is 13.1. The molecule has 0 aliphatic heterocycles. The number of aliphatic hydroxyl groups is 2. The molecule has 10 nitrogen and oxygen atoms in total. The number of benzene rings is 1. The fourth-order valence-corrected chi connectivity index (χ4v) is 6.74. The summed E-state index contributed by atoms with van der Waals surface area (Å²) in [6.45, 7) is 3.36. The molecule has 45 heavy (non-hydrogen) atoms. The van der Waals surface area contributed by atoms with E-state index in [2.05, 4.69) is 12.2 Å². The van der Waals surface area contributed by atoms with E-state index in [4.69, 9.17) is 14.2 Å². The Hall–Kier alpha value is -2.43. The molecular formula is C31H42F3IN2O8. The van der Waals surface area contributed by atoms with Gasteiger partial charge in [0.05, 0.1) is 29.4 Å². The molecule has 252 valence electrons. The van der Waals surface area contributed by atoms with Gasteiger partial charge >= 0.3 is 6.18 Å². The highest BCUT2D eigenvalue weighted by atomic mass is 127. The number of carbonyl (C=O) groups excluding carboxylic acids is 3. The summed E-state index contributed by atoms with van der Waals surface area (Å²) in [4.78, 5) is 38.4. The van der Waals surface area contributed by atoms with Crippen LogP contribution in [0.5, 0.6) is 11.5 Å². The van der Waals surface area contributed by atoms with Crippen LogP contribution in [0.15, 0.2) is 23.8 Å². The number of carbonyl (C=O) groups is 3. The zero-order valence-electron chi connectivity index (χ0n) is 25.8. The van der Waals surface area contributed by atoms with Crippen molar-refractivity contribution in [2.45, 2.75) is 77.0 Å². The number of amides is 2. The lowest BCUT2D eigenvalue weighted by molar-refractivity contribution is -0.177. The minimum absolute atomic E-state index is 0.0379. The molecule has 0 saturated heterocycles. The van der Waals surface area contributed by atoms with Gasteiger partial charge in [0.2, 0.25) is 11.8 Å². The van der Waals surface area contributed by atoms with E-state index in [1.54, 1.807) is 0 Å². The van der Waals surface area contributed by atoms with Crippen molar-refractivity contribution in [1.29, 1.82) is 0 Å². The van der Waals surface area contributed by atoms with Gasteiger partial charge in [-0.3, -0.25) is 14.4 Å². The van der Waals surface area contributed by atoms with Gasteiger partial charge in [-0.05, 0) is 71.4 Å². The molecule has 1 aromatic carbocycles. The molecular weight excluding hydrogens is 712 g/mol. The normalized spacial score (nSPS) is 25.4. The van der Waals surface area contributed by atoms with Crippen molar-refractivity contribution in [3.8, 4) is 11.5 Å². The molecule has 1 aromatic rings. The third-order valence-electron chi connectivity index (χ3n) is 8.31. The van der Waals surface area contributed by atoms with E-state index in [0.717, 1.165) is 12.8 Å². The number of hydrogen-bond acceptors (Lipinski definition) is 8. The fourth-order valence-electron chi connectivity index (χ4n) is 5.99. The Labute approximate surface area is 274 Å². The molecule has 3 N–H and O–H groups in total. The van der Waals surface area contributed by atoms with Gasteiger partial charge in [-0.1, -0.05) is 27.2 Å². The molecule has 1 saturated carbocycles. The van der Waals surface area contributed by atoms with Crippen molar-refractivity contribution < 1.29 is 52.0 Å². The van der Waals surface area contributed by atoms with Gasteiger partial charge in [-0.25, -0.2) is 0 Å². The summed E-state index contributed by atoms with van der Waals surface area (Å²) >= 11 is 1.88. The van der Waals surface area contributed by atoms with Crippen molar-refractivity contribution in [2.75, 3.05) is 33.4 Å². The molecule has 0 heterocycles. The summed E-state index contributed by atoms with van der Waals surface area (Å²) in [6.07, 6.45) is -4.18. The maximum atomic E-state index is 13.9. The lowest BCUT2D eigenvalue weighted by atomic mass is 9.75. The van der Waals surface area contributed by atoms with Gasteiger partial charge in [0.1, 0.15) is 31.6 Å². The second kappa shape index (κ2) is 16.4. The smallest absolute Gasteiger partial charge is 0.406 e. The Kier molecular flexibility index (Phi) is 13.5. The molecule has 0 radical (unpaired) electrons. The van der Waals surface area contributed by atoms with Gasteiger partial charge < -0.3 is 34.6 Å². The predicted molar refractivity (Wildman–Crippen MR) is 167 cm³/mol. The largest absolute Gasteiger partial charge is 0.493 e. The Morgan fingerprint density at radius 3 is 2.56 bits per heavy atom. The van der Waals surface area contributed by atoms with E-state index in [1.165, 1.54) is 25.3 Å². The van der Waals surface area contributed by atoms with Gasteiger partial charge in [0.15, 0.2) is 11.5 Å². The average Bonchev–Trinajstić information content (AvgIpc) is 2.98. The van der Waals surface area contributed by atoms with Crippen LogP contribution in [0.4, 0.5) is 13.2 Å². The summed E-state index contributed by atoms with van der Waals surface area (Å²) in [5.41, 5.74) is 0.239. The van der Waals surface area contributed by atoms with Crippen LogP contribution in [-0.4, -0.2) is 97.2 Å². The Balaban J connectivity index is 1.96. The van der Waals surface area contributed by atoms with Crippen LogP contribution in [0.3, 0.4) is 0 Å². The number of alkyl halides is 3. The summed E-state index contributed by atoms with van der Waals surface area (Å²) in [5, 5.41) is 23.1. The molecule has 6 atom stereocenters. The first-order valence-electron chi connectivity index (χ1n) is 14.9. The van der Waals surface area contributed by atoms with E-state index in [9.17, 15) is 37.8 Å². The van der Waals surface area contributed by atoms with E-state index >= 15 is 0 Å². The SMILES string of the molecule is COc1cc(C=O)cc(I)c1OC1C=C(C(=O)NCCO)CC(N(CC(F)(F)F)C(=O)COC2CC(C)CCC2C(C)C)C1O. The number of nitrogens with zero attached hydrogens (tertiary/aromatic N) is 1. The number of hydrogen-bond donors (Lipinski definition) is 3. The summed E-state index contributed by atoms with van der Waals surface area (Å²) in [6, 6.07) is 1.37. The van der Waals surface area contributed by atoms with E-state index in [1.807, 2.05) is 36.4 Å². The van der Waals surface area contributed by atoms with Gasteiger partial charge in [-0.2, -0.15) is 13.2 Å². The summed E-state index contributed by atoms with van der Waals surface area (Å²) in [5.74, 6) is -0.716. The first-order valence-corrected chi connectivity index (χ1v) is 16.0. The molecule has 14 heteroatoms. The lowest BCUT2D eigenvalue weighted by Gasteiger charge is -2.41. The number of aldehydes is 1. The summed E-state index contributed by atoms with van der Waals surface area (Å²) in [7, 11) is 1.33. The average molecular weight is 755 g/mol. The minimum Gasteiger partial charge on any atom is -0.493 e. The maximum absolute atomic E-state index is 13.9. The van der Waals surface area contributed by atoms with Crippen LogP contribution < -0.4 is 14.8 Å². The van der Waals surface area contributed by atoms with Crippen LogP contribution in [-0.2, 0) is 14.3 Å². The highest BCUT2D eigenvalue weighted by Gasteiger charge is 2.45. The number of ether oxygens (including phenoxy) is 3. The van der Waals surface area contributed by atoms with E-state index < -0.39 is 55.8 Å². The summed E-state index contributed by atoms with van der Waals surface area (Å²) < 4.78 is 59.6. The second-order valence-electron chi connectivity index (χ2n) is 12.0. The zero-order valence-corrected chi connectivity index (χ0v) is 28.0. The highest BCUT2D eigenvalue weighted by Crippen LogP contribution is 2.38. The van der Waals surface area contributed by atoms with Crippen LogP contribution in [0.2, 0.25) is 0 Å². The lowest BCUT2D eigenvalue weighted by Crippen LogP contribution is -2.58. The van der Waals surface area contributed by atoms with E-state index in [-0.39, 0.29) is 53.7 Å². The monoisotopic (exact) mass is 754 g/mol. The Bertz CT molecular complexity index is 1230. The van der Waals surface area contributed by atoms with Crippen molar-refractivity contribution in [2.24, 2.45) is 17.8 Å². The fraction of sp³-hybridized carbons (Fsp3) is 0.645. The zero-order chi connectivity index (χ0) is 33.5. The first-order chi connectivity index (χ1) is 21.2. The quantitative estimate of drug-likeness (QED) is 0.204. The van der Waals surface area contributed by atoms with Gasteiger partial charge in [0, 0.05) is 24.1 Å². The molecule has 2 aliphatic carbocycles. The molecule has 0 spiro atoms. The molecule has 0 aromatic heterocycles. The first kappa shape index (κ1) is 37.0. The van der Waals surface area contributed by atoms with Crippen LogP contribution in [0.25, 0.3) is 0 Å². The maximum Gasteiger partial charge on any atom is 0.406 e. The topological polar surface area (TPSA) is 135 Å². The number of halogens is 4. The van der Waals surface area contributed by atoms with Crippen LogP contribution in [0, 0.1) is 21.3 Å². The number of aliphatic hydroxyl groups excluding tert-OH is 2. The van der Waals surface area contributed by atoms with Crippen molar-refractivity contribution in [3.63, 3.8) is 0 Å². The standard InChI is InChI=1S/C31H42F3IN2O8/c1-17(2)21-6-5-18(3)9-24(21)44-15-27(40)37(16-31(32,33)34)23-12-20(30(42)36-7-8-38)13-25(28(23)41)45-29-22(35)10-19(14-39)11-26(29)43-4/h10-11,13-14,17-18,21,23-25,28,38,41H,5-9,12,15-16H2,1-4H3,(H,36,42). The third kappa shape index (κ3) is 10.0. The Morgan fingerprint density at radius 2 is 1.96 bits per heavy atom. The minimum atomic E-state index is -4.82. The molecule has 6 unspecified atom stereocenters. The van der Waals surface area contributed by atoms with Crippen LogP contribution in [0.1, 0.15) is 56.8 Å². The Morgan fingerprint density at radius 1 is 1.24 bits per heavy atom. The molecule has 1 fully saturated rings. The predicted octanol–water partition coefficient (Wildman–Crippen LogP) is 3.90.